The van der Waals surface area contributed by atoms with Crippen molar-refractivity contribution in [1.82, 2.24) is 9.80 Å². The molecule has 0 aromatic heterocycles. The van der Waals surface area contributed by atoms with Crippen molar-refractivity contribution in [1.29, 1.82) is 0 Å². The lowest BCUT2D eigenvalue weighted by molar-refractivity contribution is 0.0716. The van der Waals surface area contributed by atoms with Crippen LogP contribution in [0, 0.1) is 12.8 Å². The Bertz CT molecular complexity index is 496. The van der Waals surface area contributed by atoms with Gasteiger partial charge in [0.15, 0.2) is 0 Å². The summed E-state index contributed by atoms with van der Waals surface area (Å²) in [5.74, 6) is 1.30. The Balaban J connectivity index is 2.90. The Morgan fingerprint density at radius 1 is 1.17 bits per heavy atom. The number of likely N-dealkylation sites (N-methyl/N-ethyl adjacent to an activating group) is 1. The highest BCUT2D eigenvalue weighted by Gasteiger charge is 2.18. The molecule has 4 heteroatoms. The zero-order chi connectivity index (χ0) is 17.4. The van der Waals surface area contributed by atoms with Gasteiger partial charge in [0.2, 0.25) is 0 Å². The molecule has 0 bridgehead atoms. The fourth-order valence-corrected chi connectivity index (χ4v) is 2.65. The monoisotopic (exact) mass is 320 g/mol. The highest BCUT2D eigenvalue weighted by Crippen LogP contribution is 2.20. The topological polar surface area (TPSA) is 32.8 Å². The molecule has 0 fully saturated rings. The van der Waals surface area contributed by atoms with Gasteiger partial charge in [0.1, 0.15) is 5.75 Å². The third-order valence-corrected chi connectivity index (χ3v) is 4.11. The second-order valence-electron chi connectivity index (χ2n) is 6.36. The molecule has 0 atom stereocenters. The molecule has 1 aromatic carbocycles. The van der Waals surface area contributed by atoms with E-state index in [1.54, 1.807) is 7.11 Å². The summed E-state index contributed by atoms with van der Waals surface area (Å²) < 4.78 is 5.35. The van der Waals surface area contributed by atoms with Crippen LogP contribution < -0.4 is 4.74 Å². The lowest BCUT2D eigenvalue weighted by Gasteiger charge is -2.28. The highest BCUT2D eigenvalue weighted by molar-refractivity contribution is 5.94. The molecular weight excluding hydrogens is 288 g/mol. The number of rotatable bonds is 9. The third kappa shape index (κ3) is 5.87. The summed E-state index contributed by atoms with van der Waals surface area (Å²) in [6, 6.07) is 5.69. The average Bonchev–Trinajstić information content (AvgIpc) is 2.54. The van der Waals surface area contributed by atoms with Gasteiger partial charge in [-0.3, -0.25) is 4.79 Å². The molecule has 1 amide bonds. The number of hydrogen-bond acceptors (Lipinski definition) is 3. The first-order chi connectivity index (χ1) is 10.9. The molecule has 0 saturated carbocycles. The maximum Gasteiger partial charge on any atom is 0.254 e. The van der Waals surface area contributed by atoms with Gasteiger partial charge in [-0.15, -0.1) is 0 Å². The minimum atomic E-state index is 0.0872. The van der Waals surface area contributed by atoms with Crippen LogP contribution in [0.25, 0.3) is 0 Å². The Morgan fingerprint density at radius 3 is 2.35 bits per heavy atom. The summed E-state index contributed by atoms with van der Waals surface area (Å²) in [6.07, 6.45) is 0. The van der Waals surface area contributed by atoms with Gasteiger partial charge >= 0.3 is 0 Å². The van der Waals surface area contributed by atoms with E-state index in [1.807, 2.05) is 30.0 Å². The van der Waals surface area contributed by atoms with E-state index in [0.717, 1.165) is 44.0 Å². The van der Waals surface area contributed by atoms with Crippen molar-refractivity contribution in [3.05, 3.63) is 29.3 Å². The molecule has 0 spiro atoms. The van der Waals surface area contributed by atoms with E-state index in [-0.39, 0.29) is 5.91 Å². The molecule has 4 nitrogen and oxygen atoms in total. The first kappa shape index (κ1) is 19.5. The third-order valence-electron chi connectivity index (χ3n) is 4.11. The van der Waals surface area contributed by atoms with Gasteiger partial charge in [0.05, 0.1) is 7.11 Å². The zero-order valence-electron chi connectivity index (χ0n) is 15.6. The molecule has 1 rings (SSSR count). The Labute approximate surface area is 141 Å². The zero-order valence-corrected chi connectivity index (χ0v) is 15.6. The molecule has 130 valence electrons. The van der Waals surface area contributed by atoms with Gasteiger partial charge in [0, 0.05) is 25.2 Å². The van der Waals surface area contributed by atoms with E-state index in [4.69, 9.17) is 4.74 Å². The Kier molecular flexibility index (Phi) is 8.10. The predicted octanol–water partition coefficient (Wildman–Crippen LogP) is 3.44. The van der Waals surface area contributed by atoms with Gasteiger partial charge in [-0.25, -0.2) is 0 Å². The molecule has 0 saturated heterocycles. The SMILES string of the molecule is CCN(CC)CCN(CC(C)C)C(=O)c1ccc(C)c(OC)c1. The molecule has 0 aliphatic carbocycles. The standard InChI is InChI=1S/C19H32N2O2/c1-7-20(8-2)11-12-21(14-15(3)4)19(22)17-10-9-16(5)18(13-17)23-6/h9-10,13,15H,7-8,11-12,14H2,1-6H3. The summed E-state index contributed by atoms with van der Waals surface area (Å²) in [4.78, 5) is 17.2. The van der Waals surface area contributed by atoms with E-state index in [2.05, 4.69) is 32.6 Å². The number of nitrogens with zero attached hydrogens (tertiary/aromatic N) is 2. The molecule has 0 unspecified atom stereocenters. The van der Waals surface area contributed by atoms with Crippen LogP contribution in [0.1, 0.15) is 43.6 Å². The molecule has 1 aromatic rings. The van der Waals surface area contributed by atoms with E-state index >= 15 is 0 Å². The highest BCUT2D eigenvalue weighted by atomic mass is 16.5. The normalized spacial score (nSPS) is 11.1. The molecule has 0 aliphatic heterocycles. The van der Waals surface area contributed by atoms with Crippen molar-refractivity contribution in [2.45, 2.75) is 34.6 Å². The predicted molar refractivity (Wildman–Crippen MR) is 96.3 cm³/mol. The Morgan fingerprint density at radius 2 is 1.83 bits per heavy atom. The fourth-order valence-electron chi connectivity index (χ4n) is 2.65. The van der Waals surface area contributed by atoms with Crippen LogP contribution in [0.5, 0.6) is 5.75 Å². The summed E-state index contributed by atoms with van der Waals surface area (Å²) >= 11 is 0. The van der Waals surface area contributed by atoms with Gasteiger partial charge in [-0.1, -0.05) is 33.8 Å². The number of methoxy groups -OCH3 is 1. The van der Waals surface area contributed by atoms with Crippen molar-refractivity contribution < 1.29 is 9.53 Å². The van der Waals surface area contributed by atoms with Crippen LogP contribution >= 0.6 is 0 Å². The van der Waals surface area contributed by atoms with E-state index in [1.165, 1.54) is 0 Å². The van der Waals surface area contributed by atoms with E-state index in [9.17, 15) is 4.79 Å². The van der Waals surface area contributed by atoms with Crippen LogP contribution in [0.2, 0.25) is 0 Å². The summed E-state index contributed by atoms with van der Waals surface area (Å²) in [5, 5.41) is 0. The minimum absolute atomic E-state index is 0.0872. The molecule has 0 aliphatic rings. The summed E-state index contributed by atoms with van der Waals surface area (Å²) in [6.45, 7) is 15.1. The molecule has 0 N–H and O–H groups in total. The van der Waals surface area contributed by atoms with E-state index in [0.29, 0.717) is 11.5 Å². The maximum atomic E-state index is 12.9. The summed E-state index contributed by atoms with van der Waals surface area (Å²) in [5.41, 5.74) is 1.75. The first-order valence-electron chi connectivity index (χ1n) is 8.59. The van der Waals surface area contributed by atoms with Crippen LogP contribution in [0.4, 0.5) is 0 Å². The smallest absolute Gasteiger partial charge is 0.254 e. The fraction of sp³-hybridized carbons (Fsp3) is 0.632. The Hall–Kier alpha value is -1.55. The number of benzene rings is 1. The van der Waals surface area contributed by atoms with Crippen molar-refractivity contribution >= 4 is 5.91 Å². The lowest BCUT2D eigenvalue weighted by atomic mass is 10.1. The van der Waals surface area contributed by atoms with Crippen molar-refractivity contribution in [2.75, 3.05) is 39.8 Å². The number of aryl methyl sites for hydroxylation is 1. The summed E-state index contributed by atoms with van der Waals surface area (Å²) in [7, 11) is 1.64. The quantitative estimate of drug-likeness (QED) is 0.699. The number of carbonyl (C=O) groups excluding carboxylic acids is 1. The van der Waals surface area contributed by atoms with Gasteiger partial charge in [-0.2, -0.15) is 0 Å². The molecule has 23 heavy (non-hydrogen) atoms. The van der Waals surface area contributed by atoms with Gasteiger partial charge < -0.3 is 14.5 Å². The van der Waals surface area contributed by atoms with Crippen LogP contribution in [-0.4, -0.2) is 55.5 Å². The van der Waals surface area contributed by atoms with Crippen molar-refractivity contribution in [3.8, 4) is 5.75 Å². The van der Waals surface area contributed by atoms with Crippen LogP contribution in [0.3, 0.4) is 0 Å². The number of carbonyl (C=O) groups is 1. The second kappa shape index (κ2) is 9.56. The molecule has 0 radical (unpaired) electrons. The maximum absolute atomic E-state index is 12.9. The van der Waals surface area contributed by atoms with Crippen molar-refractivity contribution in [2.24, 2.45) is 5.92 Å². The number of hydrogen-bond donors (Lipinski definition) is 0. The minimum Gasteiger partial charge on any atom is -0.496 e. The van der Waals surface area contributed by atoms with Crippen LogP contribution in [-0.2, 0) is 0 Å². The van der Waals surface area contributed by atoms with Gasteiger partial charge in [-0.05, 0) is 43.6 Å². The average molecular weight is 320 g/mol. The van der Waals surface area contributed by atoms with E-state index < -0.39 is 0 Å². The number of amides is 1. The first-order valence-corrected chi connectivity index (χ1v) is 8.59. The molecular formula is C19H32N2O2. The van der Waals surface area contributed by atoms with Crippen molar-refractivity contribution in [3.63, 3.8) is 0 Å². The largest absolute Gasteiger partial charge is 0.496 e. The lowest BCUT2D eigenvalue weighted by Crippen LogP contribution is -2.40. The van der Waals surface area contributed by atoms with Crippen LogP contribution in [0.15, 0.2) is 18.2 Å². The van der Waals surface area contributed by atoms with Gasteiger partial charge in [0.25, 0.3) is 5.91 Å². The second-order valence-corrected chi connectivity index (χ2v) is 6.36. The number of ether oxygens (including phenoxy) is 1. The molecule has 0 heterocycles.